The Balaban J connectivity index is 1.42. The van der Waals surface area contributed by atoms with Crippen molar-refractivity contribution in [2.24, 2.45) is 0 Å². The summed E-state index contributed by atoms with van der Waals surface area (Å²) in [4.78, 5) is 9.89. The molecule has 0 N–H and O–H groups in total. The van der Waals surface area contributed by atoms with E-state index in [4.69, 9.17) is 9.97 Å². The fraction of sp³-hybridized carbons (Fsp3) is 0. The van der Waals surface area contributed by atoms with Crippen LogP contribution in [0.2, 0.25) is 0 Å². The smallest absolute Gasteiger partial charge is 0.0964 e. The average molecular weight is 504 g/mol. The number of nitrogens with zero attached hydrogens (tertiary/aromatic N) is 3. The standard InChI is InChI=1S/C34H21N3S/c1-3-9-22(10-4-1)24-17-31-34(36-20-24)28-18-27-26-13-7-8-14-32(26)38-33(27)19-30(28)37(31)25-15-16-29(35-21-25)23-11-5-2-6-12-23/h1-21H. The highest BCUT2D eigenvalue weighted by Gasteiger charge is 2.17. The summed E-state index contributed by atoms with van der Waals surface area (Å²) in [6, 6.07) is 40.6. The highest BCUT2D eigenvalue weighted by Crippen LogP contribution is 2.40. The summed E-state index contributed by atoms with van der Waals surface area (Å²) in [5.41, 5.74) is 8.59. The second kappa shape index (κ2) is 8.37. The monoisotopic (exact) mass is 503 g/mol. The lowest BCUT2D eigenvalue weighted by Crippen LogP contribution is -1.96. The van der Waals surface area contributed by atoms with Crippen LogP contribution >= 0.6 is 11.3 Å². The first-order valence-electron chi connectivity index (χ1n) is 12.7. The number of pyridine rings is 2. The molecule has 0 aliphatic rings. The first-order chi connectivity index (χ1) is 18.8. The maximum absolute atomic E-state index is 5.03. The fourth-order valence-corrected chi connectivity index (χ4v) is 6.58. The highest BCUT2D eigenvalue weighted by molar-refractivity contribution is 7.25. The van der Waals surface area contributed by atoms with Crippen molar-refractivity contribution in [2.75, 3.05) is 0 Å². The molecule has 0 saturated heterocycles. The molecule has 4 aromatic heterocycles. The molecule has 0 fully saturated rings. The van der Waals surface area contributed by atoms with E-state index in [0.29, 0.717) is 0 Å². The Bertz CT molecular complexity index is 2110. The Kier molecular flexibility index (Phi) is 4.69. The predicted octanol–water partition coefficient (Wildman–Crippen LogP) is 9.28. The van der Waals surface area contributed by atoms with Crippen LogP contribution in [0.15, 0.2) is 128 Å². The van der Waals surface area contributed by atoms with Gasteiger partial charge in [0.05, 0.1) is 34.1 Å². The Morgan fingerprint density at radius 2 is 1.26 bits per heavy atom. The first kappa shape index (κ1) is 21.3. The Hall–Kier alpha value is -4.80. The van der Waals surface area contributed by atoms with Gasteiger partial charge in [-0.3, -0.25) is 9.97 Å². The maximum atomic E-state index is 5.03. The Morgan fingerprint density at radius 1 is 0.500 bits per heavy atom. The third-order valence-electron chi connectivity index (χ3n) is 7.28. The molecule has 38 heavy (non-hydrogen) atoms. The quantitative estimate of drug-likeness (QED) is 0.240. The molecule has 4 heteroatoms. The molecule has 0 aliphatic carbocycles. The van der Waals surface area contributed by atoms with Gasteiger partial charge in [-0.1, -0.05) is 78.9 Å². The van der Waals surface area contributed by atoms with Gasteiger partial charge in [0.2, 0.25) is 0 Å². The summed E-state index contributed by atoms with van der Waals surface area (Å²) >= 11 is 1.84. The van der Waals surface area contributed by atoms with Crippen LogP contribution in [-0.2, 0) is 0 Å². The van der Waals surface area contributed by atoms with Gasteiger partial charge in [0.1, 0.15) is 0 Å². The lowest BCUT2D eigenvalue weighted by atomic mass is 10.1. The fourth-order valence-electron chi connectivity index (χ4n) is 5.46. The van der Waals surface area contributed by atoms with Crippen LogP contribution < -0.4 is 0 Å². The molecule has 4 aromatic carbocycles. The number of hydrogen-bond acceptors (Lipinski definition) is 3. The summed E-state index contributed by atoms with van der Waals surface area (Å²) in [6.07, 6.45) is 3.97. The normalized spacial score (nSPS) is 11.7. The number of benzene rings is 4. The van der Waals surface area contributed by atoms with Crippen molar-refractivity contribution < 1.29 is 0 Å². The van der Waals surface area contributed by atoms with E-state index in [9.17, 15) is 0 Å². The van der Waals surface area contributed by atoms with Crippen LogP contribution in [0.5, 0.6) is 0 Å². The molecule has 0 radical (unpaired) electrons. The highest BCUT2D eigenvalue weighted by atomic mass is 32.1. The van der Waals surface area contributed by atoms with E-state index in [1.54, 1.807) is 0 Å². The summed E-state index contributed by atoms with van der Waals surface area (Å²) in [6.45, 7) is 0. The zero-order chi connectivity index (χ0) is 25.1. The maximum Gasteiger partial charge on any atom is 0.0964 e. The van der Waals surface area contributed by atoms with Crippen molar-refractivity contribution >= 4 is 53.4 Å². The molecular formula is C34H21N3S. The summed E-state index contributed by atoms with van der Waals surface area (Å²) in [7, 11) is 0. The molecule has 0 spiro atoms. The van der Waals surface area contributed by atoms with Crippen molar-refractivity contribution in [1.82, 2.24) is 14.5 Å². The number of hydrogen-bond donors (Lipinski definition) is 0. The Labute approximate surface area is 223 Å². The van der Waals surface area contributed by atoms with Crippen LogP contribution in [0, 0.1) is 0 Å². The van der Waals surface area contributed by atoms with Gasteiger partial charge in [-0.15, -0.1) is 11.3 Å². The van der Waals surface area contributed by atoms with E-state index in [1.165, 1.54) is 20.2 Å². The molecule has 8 rings (SSSR count). The van der Waals surface area contributed by atoms with Gasteiger partial charge >= 0.3 is 0 Å². The third kappa shape index (κ3) is 3.28. The number of thiophene rings is 1. The largest absolute Gasteiger partial charge is 0.306 e. The van der Waals surface area contributed by atoms with Crippen LogP contribution in [0.25, 0.3) is 70.2 Å². The van der Waals surface area contributed by atoms with Gasteiger partial charge in [-0.25, -0.2) is 0 Å². The van der Waals surface area contributed by atoms with Gasteiger partial charge in [0.15, 0.2) is 0 Å². The molecule has 0 saturated carbocycles. The molecule has 0 amide bonds. The van der Waals surface area contributed by atoms with E-state index in [2.05, 4.69) is 95.6 Å². The van der Waals surface area contributed by atoms with E-state index in [1.807, 2.05) is 48.0 Å². The summed E-state index contributed by atoms with van der Waals surface area (Å²) in [5, 5.41) is 3.73. The van der Waals surface area contributed by atoms with Gasteiger partial charge in [0.25, 0.3) is 0 Å². The van der Waals surface area contributed by atoms with Gasteiger partial charge in [-0.05, 0) is 42.0 Å². The predicted molar refractivity (Wildman–Crippen MR) is 160 cm³/mol. The average Bonchev–Trinajstić information content (AvgIpc) is 3.51. The van der Waals surface area contributed by atoms with Crippen molar-refractivity contribution in [1.29, 1.82) is 0 Å². The zero-order valence-corrected chi connectivity index (χ0v) is 21.2. The summed E-state index contributed by atoms with van der Waals surface area (Å²) < 4.78 is 4.90. The van der Waals surface area contributed by atoms with Gasteiger partial charge < -0.3 is 4.57 Å². The molecule has 4 heterocycles. The lowest BCUT2D eigenvalue weighted by Gasteiger charge is -2.09. The van der Waals surface area contributed by atoms with E-state index in [0.717, 1.165) is 50.0 Å². The van der Waals surface area contributed by atoms with Crippen LogP contribution in [-0.4, -0.2) is 14.5 Å². The molecule has 178 valence electrons. The second-order valence-corrected chi connectivity index (χ2v) is 10.6. The molecule has 0 bridgehead atoms. The van der Waals surface area contributed by atoms with Gasteiger partial charge in [0, 0.05) is 42.9 Å². The van der Waals surface area contributed by atoms with Crippen LogP contribution in [0.3, 0.4) is 0 Å². The zero-order valence-electron chi connectivity index (χ0n) is 20.4. The number of rotatable bonds is 3. The van der Waals surface area contributed by atoms with Crippen LogP contribution in [0.1, 0.15) is 0 Å². The molecular weight excluding hydrogens is 482 g/mol. The van der Waals surface area contributed by atoms with Crippen molar-refractivity contribution in [3.8, 4) is 28.1 Å². The molecule has 0 aliphatic heterocycles. The minimum absolute atomic E-state index is 0.963. The van der Waals surface area contributed by atoms with Crippen LogP contribution in [0.4, 0.5) is 0 Å². The molecule has 8 aromatic rings. The third-order valence-corrected chi connectivity index (χ3v) is 8.42. The molecule has 3 nitrogen and oxygen atoms in total. The first-order valence-corrected chi connectivity index (χ1v) is 13.5. The van der Waals surface area contributed by atoms with Crippen molar-refractivity contribution in [2.45, 2.75) is 0 Å². The van der Waals surface area contributed by atoms with Gasteiger partial charge in [-0.2, -0.15) is 0 Å². The van der Waals surface area contributed by atoms with Crippen molar-refractivity contribution in [3.05, 3.63) is 128 Å². The van der Waals surface area contributed by atoms with E-state index < -0.39 is 0 Å². The minimum atomic E-state index is 0.963. The summed E-state index contributed by atoms with van der Waals surface area (Å²) in [5.74, 6) is 0. The van der Waals surface area contributed by atoms with E-state index >= 15 is 0 Å². The SMILES string of the molecule is c1ccc(-c2cnc3c4cc5c(cc4n(-c4ccc(-c6ccccc6)nc4)c3c2)sc2ccccc25)cc1. The van der Waals surface area contributed by atoms with Crippen molar-refractivity contribution in [3.63, 3.8) is 0 Å². The number of fused-ring (bicyclic) bond motifs is 6. The topological polar surface area (TPSA) is 30.7 Å². The molecule has 0 unspecified atom stereocenters. The minimum Gasteiger partial charge on any atom is -0.306 e. The van der Waals surface area contributed by atoms with E-state index in [-0.39, 0.29) is 0 Å². The molecule has 0 atom stereocenters. The Morgan fingerprint density at radius 3 is 2.05 bits per heavy atom. The lowest BCUT2D eigenvalue weighted by molar-refractivity contribution is 1.14. The number of aromatic nitrogens is 3. The second-order valence-electron chi connectivity index (χ2n) is 9.52.